The molecule has 2 heterocycles. The number of hydrogen-bond acceptors (Lipinski definition) is 2. The van der Waals surface area contributed by atoms with E-state index in [0.717, 1.165) is 11.9 Å². The highest BCUT2D eigenvalue weighted by atomic mass is 16.2. The van der Waals surface area contributed by atoms with Crippen molar-refractivity contribution in [1.82, 2.24) is 15.6 Å². The van der Waals surface area contributed by atoms with Crippen molar-refractivity contribution < 1.29 is 9.59 Å². The van der Waals surface area contributed by atoms with Gasteiger partial charge in [-0.2, -0.15) is 0 Å². The van der Waals surface area contributed by atoms with Crippen LogP contribution in [-0.2, 0) is 16.0 Å². The fraction of sp³-hybridized carbons (Fsp3) is 0.375. The summed E-state index contributed by atoms with van der Waals surface area (Å²) in [5.41, 5.74) is 1.69. The van der Waals surface area contributed by atoms with E-state index < -0.39 is 5.41 Å². The van der Waals surface area contributed by atoms with Crippen molar-refractivity contribution in [3.05, 3.63) is 36.0 Å². The minimum Gasteiger partial charge on any atom is -0.361 e. The molecular formula is C16H19N3O2. The van der Waals surface area contributed by atoms with Crippen LogP contribution in [0.25, 0.3) is 10.9 Å². The van der Waals surface area contributed by atoms with Crippen LogP contribution in [0.3, 0.4) is 0 Å². The minimum atomic E-state index is -0.614. The van der Waals surface area contributed by atoms with Gasteiger partial charge in [0.15, 0.2) is 0 Å². The molecule has 1 aromatic carbocycles. The zero-order valence-corrected chi connectivity index (χ0v) is 12.0. The van der Waals surface area contributed by atoms with E-state index in [1.54, 1.807) is 0 Å². The predicted molar refractivity (Wildman–Crippen MR) is 80.7 cm³/mol. The molecule has 5 nitrogen and oxygen atoms in total. The van der Waals surface area contributed by atoms with Crippen molar-refractivity contribution in [3.63, 3.8) is 0 Å². The van der Waals surface area contributed by atoms with E-state index in [2.05, 4.69) is 21.7 Å². The summed E-state index contributed by atoms with van der Waals surface area (Å²) in [6.07, 6.45) is 3.03. The second-order valence-corrected chi connectivity index (χ2v) is 5.88. The van der Waals surface area contributed by atoms with Crippen LogP contribution in [0.4, 0.5) is 0 Å². The average molecular weight is 285 g/mol. The summed E-state index contributed by atoms with van der Waals surface area (Å²) in [6, 6.07) is 8.11. The summed E-state index contributed by atoms with van der Waals surface area (Å²) in [5.74, 6) is -0.107. The fourth-order valence-electron chi connectivity index (χ4n) is 2.80. The van der Waals surface area contributed by atoms with Crippen LogP contribution in [0.15, 0.2) is 30.5 Å². The number of H-pyrrole nitrogens is 1. The number of amides is 2. The molecule has 2 amide bonds. The number of carbonyl (C=O) groups is 2. The molecule has 1 aliphatic heterocycles. The summed E-state index contributed by atoms with van der Waals surface area (Å²) >= 11 is 0. The summed E-state index contributed by atoms with van der Waals surface area (Å²) in [4.78, 5) is 26.7. The van der Waals surface area contributed by atoms with Crippen molar-refractivity contribution in [2.75, 3.05) is 13.1 Å². The second kappa shape index (κ2) is 5.24. The Kier molecular flexibility index (Phi) is 3.41. The Morgan fingerprint density at radius 3 is 2.95 bits per heavy atom. The van der Waals surface area contributed by atoms with Crippen LogP contribution in [0.5, 0.6) is 0 Å². The third kappa shape index (κ3) is 2.63. The van der Waals surface area contributed by atoms with E-state index in [4.69, 9.17) is 0 Å². The first-order valence-electron chi connectivity index (χ1n) is 7.18. The maximum absolute atomic E-state index is 12.2. The fourth-order valence-corrected chi connectivity index (χ4v) is 2.80. The first-order chi connectivity index (χ1) is 10.1. The molecule has 0 saturated carbocycles. The lowest BCUT2D eigenvalue weighted by Gasteiger charge is -2.20. The van der Waals surface area contributed by atoms with Crippen molar-refractivity contribution in [3.8, 4) is 0 Å². The summed E-state index contributed by atoms with van der Waals surface area (Å²) in [6.45, 7) is 2.82. The molecule has 21 heavy (non-hydrogen) atoms. The van der Waals surface area contributed by atoms with Crippen LogP contribution in [0.1, 0.15) is 18.9 Å². The zero-order chi connectivity index (χ0) is 14.9. The predicted octanol–water partition coefficient (Wildman–Crippen LogP) is 1.35. The zero-order valence-electron chi connectivity index (χ0n) is 12.0. The smallest absolute Gasteiger partial charge is 0.228 e. The lowest BCUT2D eigenvalue weighted by atomic mass is 9.88. The summed E-state index contributed by atoms with van der Waals surface area (Å²) in [7, 11) is 0. The van der Waals surface area contributed by atoms with Crippen LogP contribution >= 0.6 is 0 Å². The van der Waals surface area contributed by atoms with Crippen LogP contribution < -0.4 is 10.6 Å². The maximum atomic E-state index is 12.2. The highest BCUT2D eigenvalue weighted by Crippen LogP contribution is 2.25. The van der Waals surface area contributed by atoms with Gasteiger partial charge in [0.05, 0.1) is 5.41 Å². The Bertz CT molecular complexity index is 692. The summed E-state index contributed by atoms with van der Waals surface area (Å²) < 4.78 is 0. The Balaban J connectivity index is 1.59. The normalized spacial score (nSPS) is 21.5. The van der Waals surface area contributed by atoms with Crippen molar-refractivity contribution in [2.45, 2.75) is 19.8 Å². The molecular weight excluding hydrogens is 266 g/mol. The Morgan fingerprint density at radius 2 is 2.19 bits per heavy atom. The highest BCUT2D eigenvalue weighted by Gasteiger charge is 2.40. The molecule has 1 saturated heterocycles. The first kappa shape index (κ1) is 13.7. The van der Waals surface area contributed by atoms with Gasteiger partial charge in [-0.25, -0.2) is 0 Å². The van der Waals surface area contributed by atoms with Gasteiger partial charge >= 0.3 is 0 Å². The SMILES string of the molecule is CC1(C(=O)NCCc2c[nH]c3ccccc23)CNC(=O)C1. The van der Waals surface area contributed by atoms with Gasteiger partial charge in [-0.1, -0.05) is 18.2 Å². The van der Waals surface area contributed by atoms with E-state index >= 15 is 0 Å². The van der Waals surface area contributed by atoms with Gasteiger partial charge < -0.3 is 15.6 Å². The molecule has 0 radical (unpaired) electrons. The lowest BCUT2D eigenvalue weighted by molar-refractivity contribution is -0.131. The molecule has 0 aliphatic carbocycles. The second-order valence-electron chi connectivity index (χ2n) is 5.88. The molecule has 1 aromatic heterocycles. The number of aromatic nitrogens is 1. The van der Waals surface area contributed by atoms with Gasteiger partial charge in [0.1, 0.15) is 0 Å². The Morgan fingerprint density at radius 1 is 1.38 bits per heavy atom. The van der Waals surface area contributed by atoms with Gasteiger partial charge in [-0.3, -0.25) is 9.59 Å². The van der Waals surface area contributed by atoms with Crippen LogP contribution in [0.2, 0.25) is 0 Å². The molecule has 1 atom stereocenters. The van der Waals surface area contributed by atoms with Gasteiger partial charge in [-0.15, -0.1) is 0 Å². The number of para-hydroxylation sites is 1. The number of fused-ring (bicyclic) bond motifs is 1. The number of nitrogens with one attached hydrogen (secondary N) is 3. The van der Waals surface area contributed by atoms with E-state index in [-0.39, 0.29) is 18.2 Å². The van der Waals surface area contributed by atoms with Crippen molar-refractivity contribution >= 4 is 22.7 Å². The quantitative estimate of drug-likeness (QED) is 0.793. The number of carbonyl (C=O) groups excluding carboxylic acids is 2. The largest absolute Gasteiger partial charge is 0.361 e. The molecule has 1 aliphatic rings. The van der Waals surface area contributed by atoms with Crippen molar-refractivity contribution in [2.24, 2.45) is 5.41 Å². The Labute approximate surface area is 123 Å². The van der Waals surface area contributed by atoms with E-state index in [9.17, 15) is 9.59 Å². The van der Waals surface area contributed by atoms with E-state index in [1.165, 1.54) is 10.9 Å². The molecule has 0 bridgehead atoms. The molecule has 3 rings (SSSR count). The monoisotopic (exact) mass is 285 g/mol. The maximum Gasteiger partial charge on any atom is 0.228 e. The molecule has 110 valence electrons. The van der Waals surface area contributed by atoms with E-state index in [0.29, 0.717) is 13.1 Å². The van der Waals surface area contributed by atoms with Gasteiger partial charge in [0.2, 0.25) is 11.8 Å². The number of hydrogen-bond donors (Lipinski definition) is 3. The van der Waals surface area contributed by atoms with Crippen molar-refractivity contribution in [1.29, 1.82) is 0 Å². The minimum absolute atomic E-state index is 0.0516. The van der Waals surface area contributed by atoms with Crippen LogP contribution in [-0.4, -0.2) is 29.9 Å². The average Bonchev–Trinajstić information content (AvgIpc) is 3.04. The third-order valence-corrected chi connectivity index (χ3v) is 4.13. The van der Waals surface area contributed by atoms with Crippen LogP contribution in [0, 0.1) is 5.41 Å². The molecule has 1 unspecified atom stereocenters. The molecule has 3 N–H and O–H groups in total. The van der Waals surface area contributed by atoms with Gasteiger partial charge in [0, 0.05) is 36.6 Å². The number of benzene rings is 1. The topological polar surface area (TPSA) is 74.0 Å². The molecule has 5 heteroatoms. The number of aromatic amines is 1. The first-order valence-corrected chi connectivity index (χ1v) is 7.18. The molecule has 1 fully saturated rings. The lowest BCUT2D eigenvalue weighted by Crippen LogP contribution is -2.41. The van der Waals surface area contributed by atoms with Gasteiger partial charge in [-0.05, 0) is 25.0 Å². The third-order valence-electron chi connectivity index (χ3n) is 4.13. The van der Waals surface area contributed by atoms with Gasteiger partial charge in [0.25, 0.3) is 0 Å². The Hall–Kier alpha value is -2.30. The number of rotatable bonds is 4. The standard InChI is InChI=1S/C16H19N3O2/c1-16(8-14(20)19-10-16)15(21)17-7-6-11-9-18-13-5-3-2-4-12(11)13/h2-5,9,18H,6-8,10H2,1H3,(H,17,21)(H,19,20). The summed E-state index contributed by atoms with van der Waals surface area (Å²) in [5, 5.41) is 6.85. The molecule has 0 spiro atoms. The molecule has 2 aromatic rings. The highest BCUT2D eigenvalue weighted by molar-refractivity contribution is 5.92. The van der Waals surface area contributed by atoms with E-state index in [1.807, 2.05) is 31.3 Å².